The van der Waals surface area contributed by atoms with E-state index in [1.165, 1.54) is 109 Å². The smallest absolute Gasteiger partial charge is 0.293 e. The van der Waals surface area contributed by atoms with Gasteiger partial charge in [-0.05, 0) is 32.1 Å². The molecule has 0 spiro atoms. The van der Waals surface area contributed by atoms with Crippen LogP contribution < -0.4 is 0 Å². The lowest BCUT2D eigenvalue weighted by Gasteiger charge is -2.02. The first kappa shape index (κ1) is 24.2. The predicted molar refractivity (Wildman–Crippen MR) is 110 cm³/mol. The average molecular weight is 353 g/mol. The van der Waals surface area contributed by atoms with Crippen LogP contribution in [0.5, 0.6) is 0 Å². The van der Waals surface area contributed by atoms with Gasteiger partial charge in [-0.2, -0.15) is 0 Å². The Balaban J connectivity index is 3.04. The van der Waals surface area contributed by atoms with Crippen molar-refractivity contribution >= 4 is 6.47 Å². The van der Waals surface area contributed by atoms with E-state index in [2.05, 4.69) is 23.8 Å². The summed E-state index contributed by atoms with van der Waals surface area (Å²) >= 11 is 0. The van der Waals surface area contributed by atoms with E-state index < -0.39 is 0 Å². The molecule has 2 heteroatoms. The summed E-state index contributed by atoms with van der Waals surface area (Å²) in [5.41, 5.74) is 0. The van der Waals surface area contributed by atoms with E-state index >= 15 is 0 Å². The molecule has 0 aliphatic heterocycles. The third kappa shape index (κ3) is 23.2. The highest BCUT2D eigenvalue weighted by atomic mass is 16.5. The maximum Gasteiger partial charge on any atom is 0.293 e. The van der Waals surface area contributed by atoms with Crippen molar-refractivity contribution in [3.05, 3.63) is 12.2 Å². The molecule has 0 bridgehead atoms. The van der Waals surface area contributed by atoms with Crippen molar-refractivity contribution in [1.29, 1.82) is 0 Å². The summed E-state index contributed by atoms with van der Waals surface area (Å²) in [6.45, 7) is 3.42. The Morgan fingerprint density at radius 3 is 1.40 bits per heavy atom. The van der Waals surface area contributed by atoms with Crippen LogP contribution >= 0.6 is 0 Å². The van der Waals surface area contributed by atoms with Crippen LogP contribution in [0.3, 0.4) is 0 Å². The van der Waals surface area contributed by atoms with Crippen molar-refractivity contribution in [2.45, 2.75) is 122 Å². The van der Waals surface area contributed by atoms with Gasteiger partial charge in [0.05, 0.1) is 6.61 Å². The Hall–Kier alpha value is -0.790. The molecule has 0 aromatic heterocycles. The SMILES string of the molecule is CCCCCCCCC=CCCCCCCCCCCCCOC=O. The van der Waals surface area contributed by atoms with E-state index in [4.69, 9.17) is 0 Å². The number of allylic oxidation sites excluding steroid dienone is 2. The molecule has 0 saturated heterocycles. The number of ether oxygens (including phenoxy) is 1. The zero-order valence-corrected chi connectivity index (χ0v) is 17.0. The van der Waals surface area contributed by atoms with Crippen LogP contribution in [0.1, 0.15) is 122 Å². The van der Waals surface area contributed by atoms with E-state index in [1.54, 1.807) is 0 Å². The Kier molecular flexibility index (Phi) is 22.5. The van der Waals surface area contributed by atoms with Crippen molar-refractivity contribution in [3.63, 3.8) is 0 Å². The molecule has 0 rings (SSSR count). The lowest BCUT2D eigenvalue weighted by molar-refractivity contribution is -0.128. The third-order valence-electron chi connectivity index (χ3n) is 4.84. The van der Waals surface area contributed by atoms with Crippen LogP contribution in [0.15, 0.2) is 12.2 Å². The summed E-state index contributed by atoms with van der Waals surface area (Å²) in [6, 6.07) is 0. The van der Waals surface area contributed by atoms with E-state index in [1.807, 2.05) is 0 Å². The van der Waals surface area contributed by atoms with Gasteiger partial charge in [-0.25, -0.2) is 0 Å². The Bertz CT molecular complexity index is 273. The molecule has 0 aliphatic carbocycles. The minimum atomic E-state index is 0.547. The molecular formula is C23H44O2. The first-order chi connectivity index (χ1) is 12.4. The highest BCUT2D eigenvalue weighted by molar-refractivity contribution is 5.36. The first-order valence-corrected chi connectivity index (χ1v) is 11.1. The second-order valence-corrected chi connectivity index (χ2v) is 7.32. The zero-order valence-electron chi connectivity index (χ0n) is 17.0. The normalized spacial score (nSPS) is 11.2. The number of hydrogen-bond acceptors (Lipinski definition) is 2. The summed E-state index contributed by atoms with van der Waals surface area (Å²) in [5, 5.41) is 0. The Morgan fingerprint density at radius 2 is 0.960 bits per heavy atom. The van der Waals surface area contributed by atoms with Gasteiger partial charge in [-0.3, -0.25) is 4.79 Å². The number of hydrogen-bond donors (Lipinski definition) is 0. The fraction of sp³-hybridized carbons (Fsp3) is 0.870. The molecule has 0 radical (unpaired) electrons. The van der Waals surface area contributed by atoms with Crippen LogP contribution in [-0.2, 0) is 9.53 Å². The summed E-state index contributed by atoms with van der Waals surface area (Å²) in [6.07, 6.45) is 28.9. The van der Waals surface area contributed by atoms with Crippen molar-refractivity contribution in [3.8, 4) is 0 Å². The van der Waals surface area contributed by atoms with Crippen LogP contribution in [0, 0.1) is 0 Å². The maximum absolute atomic E-state index is 9.98. The molecule has 2 nitrogen and oxygen atoms in total. The van der Waals surface area contributed by atoms with E-state index in [0.717, 1.165) is 6.42 Å². The van der Waals surface area contributed by atoms with Crippen molar-refractivity contribution in [2.24, 2.45) is 0 Å². The molecule has 25 heavy (non-hydrogen) atoms. The molecule has 0 fully saturated rings. The van der Waals surface area contributed by atoms with Crippen LogP contribution in [-0.4, -0.2) is 13.1 Å². The van der Waals surface area contributed by atoms with Crippen molar-refractivity contribution in [1.82, 2.24) is 0 Å². The summed E-state index contributed by atoms with van der Waals surface area (Å²) in [5.74, 6) is 0. The molecule has 0 saturated carbocycles. The second-order valence-electron chi connectivity index (χ2n) is 7.32. The number of carbonyl (C=O) groups excluding carboxylic acids is 1. The molecule has 0 aliphatic rings. The van der Waals surface area contributed by atoms with E-state index in [9.17, 15) is 4.79 Å². The molecule has 148 valence electrons. The molecule has 0 atom stereocenters. The van der Waals surface area contributed by atoms with Crippen LogP contribution in [0.2, 0.25) is 0 Å². The minimum Gasteiger partial charge on any atom is -0.468 e. The van der Waals surface area contributed by atoms with Crippen molar-refractivity contribution < 1.29 is 9.53 Å². The standard InChI is InChI=1S/C23H44O2/c1-2-3-4-5-6-7-8-9-10-11-12-13-14-15-16-17-18-19-20-21-22-25-23-24/h9-10,23H,2-8,11-22H2,1H3. The van der Waals surface area contributed by atoms with Gasteiger partial charge in [0.1, 0.15) is 0 Å². The highest BCUT2D eigenvalue weighted by Gasteiger charge is 1.93. The molecule has 0 heterocycles. The first-order valence-electron chi connectivity index (χ1n) is 11.1. The van der Waals surface area contributed by atoms with Gasteiger partial charge in [-0.1, -0.05) is 103 Å². The molecule has 0 aromatic rings. The van der Waals surface area contributed by atoms with Crippen LogP contribution in [0.25, 0.3) is 0 Å². The van der Waals surface area contributed by atoms with Gasteiger partial charge >= 0.3 is 0 Å². The number of unbranched alkanes of at least 4 members (excludes halogenated alkanes) is 16. The van der Waals surface area contributed by atoms with Gasteiger partial charge in [0.25, 0.3) is 6.47 Å². The molecule has 0 amide bonds. The minimum absolute atomic E-state index is 0.547. The largest absolute Gasteiger partial charge is 0.468 e. The zero-order chi connectivity index (χ0) is 18.3. The van der Waals surface area contributed by atoms with Crippen molar-refractivity contribution in [2.75, 3.05) is 6.61 Å². The van der Waals surface area contributed by atoms with Crippen LogP contribution in [0.4, 0.5) is 0 Å². The summed E-state index contributed by atoms with van der Waals surface area (Å²) < 4.78 is 4.69. The van der Waals surface area contributed by atoms with Gasteiger partial charge < -0.3 is 4.74 Å². The lowest BCUT2D eigenvalue weighted by atomic mass is 10.1. The maximum atomic E-state index is 9.98. The molecule has 0 aromatic carbocycles. The number of carbonyl (C=O) groups is 1. The Morgan fingerprint density at radius 1 is 0.560 bits per heavy atom. The van der Waals surface area contributed by atoms with Gasteiger partial charge in [0.2, 0.25) is 0 Å². The molecule has 0 N–H and O–H groups in total. The van der Waals surface area contributed by atoms with Gasteiger partial charge in [-0.15, -0.1) is 0 Å². The average Bonchev–Trinajstić information content (AvgIpc) is 2.63. The van der Waals surface area contributed by atoms with E-state index in [-0.39, 0.29) is 0 Å². The topological polar surface area (TPSA) is 26.3 Å². The fourth-order valence-electron chi connectivity index (χ4n) is 3.19. The Labute approximate surface area is 157 Å². The summed E-state index contributed by atoms with van der Waals surface area (Å²) in [7, 11) is 0. The van der Waals surface area contributed by atoms with Gasteiger partial charge in [0, 0.05) is 0 Å². The quantitative estimate of drug-likeness (QED) is 0.120. The predicted octanol–water partition coefficient (Wildman–Crippen LogP) is 7.76. The highest BCUT2D eigenvalue weighted by Crippen LogP contribution is 2.12. The lowest BCUT2D eigenvalue weighted by Crippen LogP contribution is -1.91. The third-order valence-corrected chi connectivity index (χ3v) is 4.84. The number of rotatable bonds is 21. The molecule has 0 unspecified atom stereocenters. The monoisotopic (exact) mass is 352 g/mol. The summed E-state index contributed by atoms with van der Waals surface area (Å²) in [4.78, 5) is 9.98. The second kappa shape index (κ2) is 23.2. The van der Waals surface area contributed by atoms with E-state index in [0.29, 0.717) is 13.1 Å². The fourth-order valence-corrected chi connectivity index (χ4v) is 3.19. The van der Waals surface area contributed by atoms with Gasteiger partial charge in [0.15, 0.2) is 0 Å². The molecular weight excluding hydrogens is 308 g/mol.